The van der Waals surface area contributed by atoms with Gasteiger partial charge in [-0.3, -0.25) is 24.2 Å². The minimum absolute atomic E-state index is 0.00526. The van der Waals surface area contributed by atoms with Gasteiger partial charge >= 0.3 is 12.2 Å². The van der Waals surface area contributed by atoms with Gasteiger partial charge in [0.25, 0.3) is 11.8 Å². The zero-order valence-electron chi connectivity index (χ0n) is 17.3. The van der Waals surface area contributed by atoms with E-state index in [1.807, 2.05) is 0 Å². The lowest BCUT2D eigenvalue weighted by Crippen LogP contribution is -2.59. The topological polar surface area (TPSA) is 131 Å². The highest BCUT2D eigenvalue weighted by molar-refractivity contribution is 6.27. The van der Waals surface area contributed by atoms with Gasteiger partial charge in [0, 0.05) is 38.1 Å². The van der Waals surface area contributed by atoms with E-state index in [9.17, 15) is 32.3 Å². The monoisotopic (exact) mass is 467 g/mol. The molecular formula is C19H16F3N5O6. The minimum atomic E-state index is -4.77. The van der Waals surface area contributed by atoms with E-state index < -0.39 is 47.6 Å². The zero-order chi connectivity index (χ0) is 24.5. The SMILES string of the molecule is COc1cc(NC(=O)C2C(=O)N(C)C(=O)N(C)C2=O)ccc1Oc1ccnc(C(F)(F)F)n1. The van der Waals surface area contributed by atoms with Crippen LogP contribution in [0.1, 0.15) is 5.82 Å². The first-order valence-electron chi connectivity index (χ1n) is 9.10. The van der Waals surface area contributed by atoms with Crippen LogP contribution in [0.5, 0.6) is 17.4 Å². The summed E-state index contributed by atoms with van der Waals surface area (Å²) in [6.45, 7) is 0. The maximum Gasteiger partial charge on any atom is 0.451 e. The van der Waals surface area contributed by atoms with E-state index in [0.717, 1.165) is 26.4 Å². The number of imide groups is 2. The Morgan fingerprint density at radius 1 is 1.06 bits per heavy atom. The van der Waals surface area contributed by atoms with Crippen molar-refractivity contribution in [2.75, 3.05) is 26.5 Å². The molecule has 1 fully saturated rings. The number of urea groups is 1. The molecule has 0 atom stereocenters. The number of methoxy groups -OCH3 is 1. The molecule has 1 aliphatic heterocycles. The molecule has 33 heavy (non-hydrogen) atoms. The lowest BCUT2D eigenvalue weighted by molar-refractivity contribution is -0.151. The van der Waals surface area contributed by atoms with Crippen LogP contribution in [-0.2, 0) is 20.6 Å². The quantitative estimate of drug-likeness (QED) is 0.660. The molecule has 0 bridgehead atoms. The Labute approximate surface area is 184 Å². The smallest absolute Gasteiger partial charge is 0.451 e. The van der Waals surface area contributed by atoms with Gasteiger partial charge in [0.1, 0.15) is 0 Å². The van der Waals surface area contributed by atoms with Gasteiger partial charge in [-0.15, -0.1) is 0 Å². The van der Waals surface area contributed by atoms with Crippen molar-refractivity contribution in [3.8, 4) is 17.4 Å². The number of barbiturate groups is 1. The first kappa shape index (κ1) is 23.4. The highest BCUT2D eigenvalue weighted by atomic mass is 19.4. The zero-order valence-corrected chi connectivity index (χ0v) is 17.3. The van der Waals surface area contributed by atoms with Crippen LogP contribution in [0, 0.1) is 5.92 Å². The third kappa shape index (κ3) is 4.68. The van der Waals surface area contributed by atoms with Crippen molar-refractivity contribution in [2.24, 2.45) is 5.92 Å². The van der Waals surface area contributed by atoms with Gasteiger partial charge in [-0.05, 0) is 12.1 Å². The minimum Gasteiger partial charge on any atom is -0.493 e. The Kier molecular flexibility index (Phi) is 6.19. The molecule has 14 heteroatoms. The lowest BCUT2D eigenvalue weighted by Gasteiger charge is -2.32. The summed E-state index contributed by atoms with van der Waals surface area (Å²) in [7, 11) is 3.53. The maximum atomic E-state index is 12.8. The number of nitrogens with zero attached hydrogens (tertiary/aromatic N) is 4. The van der Waals surface area contributed by atoms with E-state index in [-0.39, 0.29) is 17.2 Å². The lowest BCUT2D eigenvalue weighted by atomic mass is 10.0. The van der Waals surface area contributed by atoms with E-state index in [0.29, 0.717) is 9.80 Å². The maximum absolute atomic E-state index is 12.8. The second kappa shape index (κ2) is 8.72. The van der Waals surface area contributed by atoms with Crippen molar-refractivity contribution in [3.63, 3.8) is 0 Å². The van der Waals surface area contributed by atoms with Crippen LogP contribution < -0.4 is 14.8 Å². The molecule has 1 saturated heterocycles. The van der Waals surface area contributed by atoms with Gasteiger partial charge in [-0.1, -0.05) is 0 Å². The number of hydrogen-bond acceptors (Lipinski definition) is 8. The predicted molar refractivity (Wildman–Crippen MR) is 103 cm³/mol. The molecule has 0 radical (unpaired) electrons. The number of ether oxygens (including phenoxy) is 2. The first-order valence-corrected chi connectivity index (χ1v) is 9.10. The van der Waals surface area contributed by atoms with Gasteiger partial charge in [-0.2, -0.15) is 18.2 Å². The van der Waals surface area contributed by atoms with E-state index in [1.165, 1.54) is 25.3 Å². The number of benzene rings is 1. The number of hydrogen-bond donors (Lipinski definition) is 1. The molecule has 0 aliphatic carbocycles. The molecule has 11 nitrogen and oxygen atoms in total. The number of carbonyl (C=O) groups excluding carboxylic acids is 4. The van der Waals surface area contributed by atoms with E-state index in [4.69, 9.17) is 9.47 Å². The van der Waals surface area contributed by atoms with Crippen molar-refractivity contribution < 1.29 is 41.8 Å². The number of halogens is 3. The fourth-order valence-electron chi connectivity index (χ4n) is 2.82. The molecule has 5 amide bonds. The molecule has 0 unspecified atom stereocenters. The van der Waals surface area contributed by atoms with Crippen LogP contribution in [-0.4, -0.2) is 64.7 Å². The Hall–Kier alpha value is -4.23. The fourth-order valence-corrected chi connectivity index (χ4v) is 2.82. The van der Waals surface area contributed by atoms with Gasteiger partial charge in [0.2, 0.25) is 17.6 Å². The molecule has 1 aliphatic rings. The molecule has 2 heterocycles. The number of amides is 5. The summed E-state index contributed by atoms with van der Waals surface area (Å²) in [6, 6.07) is 4.08. The summed E-state index contributed by atoms with van der Waals surface area (Å²) in [6.07, 6.45) is -3.89. The first-order chi connectivity index (χ1) is 15.4. The van der Waals surface area contributed by atoms with Crippen LogP contribution >= 0.6 is 0 Å². The van der Waals surface area contributed by atoms with Gasteiger partial charge < -0.3 is 14.8 Å². The Morgan fingerprint density at radius 2 is 1.70 bits per heavy atom. The third-order valence-corrected chi connectivity index (χ3v) is 4.52. The molecule has 3 rings (SSSR count). The van der Waals surface area contributed by atoms with Crippen molar-refractivity contribution >= 4 is 29.4 Å². The number of anilines is 1. The van der Waals surface area contributed by atoms with E-state index in [1.54, 1.807) is 0 Å². The van der Waals surface area contributed by atoms with E-state index >= 15 is 0 Å². The largest absolute Gasteiger partial charge is 0.493 e. The molecule has 174 valence electrons. The fraction of sp³-hybridized carbons (Fsp3) is 0.263. The van der Waals surface area contributed by atoms with Gasteiger partial charge in [0.15, 0.2) is 17.4 Å². The summed E-state index contributed by atoms with van der Waals surface area (Å²) >= 11 is 0. The van der Waals surface area contributed by atoms with Crippen LogP contribution in [0.3, 0.4) is 0 Å². The van der Waals surface area contributed by atoms with Crippen LogP contribution in [0.2, 0.25) is 0 Å². The summed E-state index contributed by atoms with van der Waals surface area (Å²) in [5, 5.41) is 2.37. The number of carbonyl (C=O) groups is 4. The normalized spacial score (nSPS) is 15.0. The van der Waals surface area contributed by atoms with Crippen molar-refractivity contribution in [2.45, 2.75) is 6.18 Å². The highest BCUT2D eigenvalue weighted by Gasteiger charge is 2.46. The molecule has 1 aromatic heterocycles. The van der Waals surface area contributed by atoms with Crippen LogP contribution in [0.25, 0.3) is 0 Å². The van der Waals surface area contributed by atoms with Crippen LogP contribution in [0.4, 0.5) is 23.7 Å². The average Bonchev–Trinajstić information content (AvgIpc) is 2.77. The molecular weight excluding hydrogens is 451 g/mol. The molecule has 1 aromatic carbocycles. The Balaban J connectivity index is 1.80. The second-order valence-corrected chi connectivity index (χ2v) is 6.68. The molecule has 0 spiro atoms. The summed E-state index contributed by atoms with van der Waals surface area (Å²) in [5.41, 5.74) is 0.0886. The average molecular weight is 467 g/mol. The summed E-state index contributed by atoms with van der Waals surface area (Å²) in [5.74, 6) is -6.56. The van der Waals surface area contributed by atoms with Crippen molar-refractivity contribution in [1.82, 2.24) is 19.8 Å². The number of alkyl halides is 3. The number of nitrogens with one attached hydrogen (secondary N) is 1. The third-order valence-electron chi connectivity index (χ3n) is 4.52. The Bertz CT molecular complexity index is 1120. The Morgan fingerprint density at radius 3 is 2.27 bits per heavy atom. The molecule has 2 aromatic rings. The predicted octanol–water partition coefficient (Wildman–Crippen LogP) is 1.90. The summed E-state index contributed by atoms with van der Waals surface area (Å²) < 4.78 is 48.8. The van der Waals surface area contributed by atoms with E-state index in [2.05, 4.69) is 15.3 Å². The number of aromatic nitrogens is 2. The highest BCUT2D eigenvalue weighted by Crippen LogP contribution is 2.34. The number of rotatable bonds is 5. The standard InChI is InChI=1S/C19H16F3N5O6/c1-26-15(29)13(16(30)27(2)18(26)31)14(28)24-9-4-5-10(11(8-9)32-3)33-12-6-7-23-17(25-12)19(20,21)22/h4-8,13H,1-3H3,(H,24,28). The summed E-state index contributed by atoms with van der Waals surface area (Å²) in [4.78, 5) is 56.6. The molecule has 0 saturated carbocycles. The second-order valence-electron chi connectivity index (χ2n) is 6.68. The van der Waals surface area contributed by atoms with Crippen LogP contribution in [0.15, 0.2) is 30.5 Å². The van der Waals surface area contributed by atoms with Gasteiger partial charge in [0.05, 0.1) is 7.11 Å². The van der Waals surface area contributed by atoms with Crippen molar-refractivity contribution in [3.05, 3.63) is 36.3 Å². The van der Waals surface area contributed by atoms with Gasteiger partial charge in [-0.25, -0.2) is 9.78 Å². The molecule has 1 N–H and O–H groups in total. The van der Waals surface area contributed by atoms with Crippen molar-refractivity contribution in [1.29, 1.82) is 0 Å².